The standard InChI is InChI=1S/C12H15ClFNO/c1-15(12(16)7-4-8-13)9-10-5-2-3-6-11(10)14/h2-3,5-6H,4,7-9H2,1H3. The third kappa shape index (κ3) is 3.81. The van der Waals surface area contributed by atoms with Gasteiger partial charge in [0.15, 0.2) is 0 Å². The molecule has 88 valence electrons. The van der Waals surface area contributed by atoms with Crippen LogP contribution in [0.5, 0.6) is 0 Å². The van der Waals surface area contributed by atoms with Crippen molar-refractivity contribution in [3.05, 3.63) is 35.6 Å². The Kier molecular flexibility index (Phi) is 5.26. The van der Waals surface area contributed by atoms with E-state index in [1.165, 1.54) is 11.0 Å². The molecule has 0 aliphatic rings. The van der Waals surface area contributed by atoms with Gasteiger partial charge in [-0.3, -0.25) is 4.79 Å². The first-order valence-electron chi connectivity index (χ1n) is 5.18. The van der Waals surface area contributed by atoms with Crippen LogP contribution in [0.1, 0.15) is 18.4 Å². The molecule has 16 heavy (non-hydrogen) atoms. The molecule has 0 saturated carbocycles. The van der Waals surface area contributed by atoms with Crippen molar-refractivity contribution in [1.29, 1.82) is 0 Å². The molecule has 0 unspecified atom stereocenters. The summed E-state index contributed by atoms with van der Waals surface area (Å²) in [5.74, 6) is 0.183. The molecule has 0 aliphatic carbocycles. The zero-order chi connectivity index (χ0) is 12.0. The predicted molar refractivity (Wildman–Crippen MR) is 62.8 cm³/mol. The van der Waals surface area contributed by atoms with E-state index >= 15 is 0 Å². The minimum atomic E-state index is -0.278. The molecule has 4 heteroatoms. The molecule has 1 aromatic rings. The van der Waals surface area contributed by atoms with E-state index < -0.39 is 0 Å². The average molecular weight is 244 g/mol. The summed E-state index contributed by atoms with van der Waals surface area (Å²) in [4.78, 5) is 13.1. The maximum Gasteiger partial charge on any atom is 0.222 e. The molecule has 2 nitrogen and oxygen atoms in total. The van der Waals surface area contributed by atoms with Crippen molar-refractivity contribution in [2.24, 2.45) is 0 Å². The van der Waals surface area contributed by atoms with Gasteiger partial charge in [-0.15, -0.1) is 11.6 Å². The maximum atomic E-state index is 13.3. The third-order valence-corrected chi connectivity index (χ3v) is 2.58. The molecule has 0 aromatic heterocycles. The fourth-order valence-corrected chi connectivity index (χ4v) is 1.51. The van der Waals surface area contributed by atoms with E-state index in [-0.39, 0.29) is 11.7 Å². The smallest absolute Gasteiger partial charge is 0.222 e. The number of rotatable bonds is 5. The molecule has 0 spiro atoms. The number of hydrogen-bond acceptors (Lipinski definition) is 1. The molecule has 0 fully saturated rings. The molecule has 0 heterocycles. The summed E-state index contributed by atoms with van der Waals surface area (Å²) in [5.41, 5.74) is 0.532. The van der Waals surface area contributed by atoms with E-state index in [9.17, 15) is 9.18 Å². The topological polar surface area (TPSA) is 20.3 Å². The van der Waals surface area contributed by atoms with Gasteiger partial charge in [-0.25, -0.2) is 4.39 Å². The highest BCUT2D eigenvalue weighted by Crippen LogP contribution is 2.10. The van der Waals surface area contributed by atoms with Gasteiger partial charge in [0.25, 0.3) is 0 Å². The number of nitrogens with zero attached hydrogens (tertiary/aromatic N) is 1. The Morgan fingerprint density at radius 1 is 1.44 bits per heavy atom. The molecule has 0 saturated heterocycles. The minimum absolute atomic E-state index is 0.0103. The van der Waals surface area contributed by atoms with E-state index in [2.05, 4.69) is 0 Å². The van der Waals surface area contributed by atoms with Crippen LogP contribution in [-0.2, 0) is 11.3 Å². The third-order valence-electron chi connectivity index (χ3n) is 2.32. The molecule has 0 atom stereocenters. The van der Waals surface area contributed by atoms with E-state index in [0.717, 1.165) is 0 Å². The van der Waals surface area contributed by atoms with E-state index in [4.69, 9.17) is 11.6 Å². The van der Waals surface area contributed by atoms with Crippen LogP contribution in [0, 0.1) is 5.82 Å². The average Bonchev–Trinajstić information content (AvgIpc) is 2.28. The summed E-state index contributed by atoms with van der Waals surface area (Å²) in [6, 6.07) is 6.47. The zero-order valence-electron chi connectivity index (χ0n) is 9.25. The van der Waals surface area contributed by atoms with Gasteiger partial charge < -0.3 is 4.90 Å². The summed E-state index contributed by atoms with van der Waals surface area (Å²) >= 11 is 5.50. The highest BCUT2D eigenvalue weighted by Gasteiger charge is 2.10. The molecule has 1 rings (SSSR count). The van der Waals surface area contributed by atoms with E-state index in [0.29, 0.717) is 30.8 Å². The summed E-state index contributed by atoms with van der Waals surface area (Å²) in [6.07, 6.45) is 1.07. The van der Waals surface area contributed by atoms with Crippen LogP contribution in [0.4, 0.5) is 4.39 Å². The van der Waals surface area contributed by atoms with Crippen LogP contribution in [0.25, 0.3) is 0 Å². The normalized spacial score (nSPS) is 10.2. The number of benzene rings is 1. The van der Waals surface area contributed by atoms with Crippen molar-refractivity contribution in [3.63, 3.8) is 0 Å². The van der Waals surface area contributed by atoms with Crippen LogP contribution in [-0.4, -0.2) is 23.7 Å². The van der Waals surface area contributed by atoms with E-state index in [1.54, 1.807) is 25.2 Å². The lowest BCUT2D eigenvalue weighted by Crippen LogP contribution is -2.26. The fraction of sp³-hybridized carbons (Fsp3) is 0.417. The molecule has 1 amide bonds. The first kappa shape index (κ1) is 13.0. The molecular formula is C12H15ClFNO. The summed E-state index contributed by atoms with van der Waals surface area (Å²) in [5, 5.41) is 0. The Morgan fingerprint density at radius 3 is 2.75 bits per heavy atom. The number of halogens is 2. The summed E-state index contributed by atoms with van der Waals surface area (Å²) in [6.45, 7) is 0.299. The second kappa shape index (κ2) is 6.48. The molecule has 0 bridgehead atoms. The quantitative estimate of drug-likeness (QED) is 0.729. The van der Waals surface area contributed by atoms with Gasteiger partial charge in [-0.2, -0.15) is 0 Å². The van der Waals surface area contributed by atoms with Crippen molar-refractivity contribution in [2.75, 3.05) is 12.9 Å². The second-order valence-corrected chi connectivity index (χ2v) is 4.01. The maximum absolute atomic E-state index is 13.3. The van der Waals surface area contributed by atoms with Gasteiger partial charge in [0.1, 0.15) is 5.82 Å². The van der Waals surface area contributed by atoms with Gasteiger partial charge in [-0.1, -0.05) is 18.2 Å². The zero-order valence-corrected chi connectivity index (χ0v) is 10.0. The SMILES string of the molecule is CN(Cc1ccccc1F)C(=O)CCCCl. The number of carbonyl (C=O) groups is 1. The largest absolute Gasteiger partial charge is 0.341 e. The highest BCUT2D eigenvalue weighted by molar-refractivity contribution is 6.17. The Hall–Kier alpha value is -1.09. The second-order valence-electron chi connectivity index (χ2n) is 3.63. The number of alkyl halides is 1. The van der Waals surface area contributed by atoms with Gasteiger partial charge in [0, 0.05) is 31.5 Å². The van der Waals surface area contributed by atoms with Crippen LogP contribution in [0.3, 0.4) is 0 Å². The molecular weight excluding hydrogens is 229 g/mol. The first-order valence-corrected chi connectivity index (χ1v) is 5.72. The van der Waals surface area contributed by atoms with Crippen molar-refractivity contribution in [1.82, 2.24) is 4.90 Å². The predicted octanol–water partition coefficient (Wildman–Crippen LogP) is 2.80. The fourth-order valence-electron chi connectivity index (χ4n) is 1.38. The lowest BCUT2D eigenvalue weighted by atomic mass is 10.2. The minimum Gasteiger partial charge on any atom is -0.341 e. The molecule has 1 aromatic carbocycles. The molecule has 0 N–H and O–H groups in total. The Morgan fingerprint density at radius 2 is 2.12 bits per heavy atom. The van der Waals surface area contributed by atoms with Gasteiger partial charge >= 0.3 is 0 Å². The van der Waals surface area contributed by atoms with E-state index in [1.807, 2.05) is 0 Å². The van der Waals surface area contributed by atoms with Crippen molar-refractivity contribution < 1.29 is 9.18 Å². The number of hydrogen-bond donors (Lipinski definition) is 0. The van der Waals surface area contributed by atoms with Crippen molar-refractivity contribution in [3.8, 4) is 0 Å². The van der Waals surface area contributed by atoms with Gasteiger partial charge in [0.2, 0.25) is 5.91 Å². The van der Waals surface area contributed by atoms with Crippen molar-refractivity contribution in [2.45, 2.75) is 19.4 Å². The van der Waals surface area contributed by atoms with Gasteiger partial charge in [-0.05, 0) is 12.5 Å². The Labute approximate surface area is 100 Å². The molecule has 0 aliphatic heterocycles. The van der Waals surface area contributed by atoms with Gasteiger partial charge in [0.05, 0.1) is 0 Å². The Balaban J connectivity index is 2.54. The summed E-state index contributed by atoms with van der Waals surface area (Å²) in [7, 11) is 1.67. The van der Waals surface area contributed by atoms with Crippen LogP contribution < -0.4 is 0 Å². The summed E-state index contributed by atoms with van der Waals surface area (Å²) < 4.78 is 13.3. The van der Waals surface area contributed by atoms with Crippen molar-refractivity contribution >= 4 is 17.5 Å². The van der Waals surface area contributed by atoms with Crippen LogP contribution in [0.15, 0.2) is 24.3 Å². The molecule has 0 radical (unpaired) electrons. The lowest BCUT2D eigenvalue weighted by Gasteiger charge is -2.17. The van der Waals surface area contributed by atoms with Crippen LogP contribution in [0.2, 0.25) is 0 Å². The highest BCUT2D eigenvalue weighted by atomic mass is 35.5. The number of carbonyl (C=O) groups excluding carboxylic acids is 1. The number of amides is 1. The monoisotopic (exact) mass is 243 g/mol. The lowest BCUT2D eigenvalue weighted by molar-refractivity contribution is -0.130. The van der Waals surface area contributed by atoms with Crippen LogP contribution >= 0.6 is 11.6 Å². The Bertz CT molecular complexity index is 357. The first-order chi connectivity index (χ1) is 7.65.